The maximum absolute atomic E-state index is 6.04. The molecule has 16 heavy (non-hydrogen) atoms. The zero-order valence-electron chi connectivity index (χ0n) is 10.3. The summed E-state index contributed by atoms with van der Waals surface area (Å²) in [6.45, 7) is 6.68. The van der Waals surface area contributed by atoms with Crippen LogP contribution in [-0.2, 0) is 0 Å². The summed E-state index contributed by atoms with van der Waals surface area (Å²) in [4.78, 5) is 0. The van der Waals surface area contributed by atoms with Gasteiger partial charge in [-0.05, 0) is 48.4 Å². The molecular formula is C13H21ClN2. The molecule has 0 saturated heterocycles. The molecule has 0 spiro atoms. The number of halogens is 1. The van der Waals surface area contributed by atoms with Gasteiger partial charge in [-0.1, -0.05) is 32.4 Å². The van der Waals surface area contributed by atoms with Gasteiger partial charge in [0.05, 0.1) is 5.69 Å². The van der Waals surface area contributed by atoms with Crippen molar-refractivity contribution in [1.82, 2.24) is 0 Å². The molecule has 0 aliphatic carbocycles. The third-order valence-electron chi connectivity index (χ3n) is 2.86. The van der Waals surface area contributed by atoms with Crippen LogP contribution in [0.15, 0.2) is 18.2 Å². The Morgan fingerprint density at radius 3 is 2.56 bits per heavy atom. The zero-order valence-corrected chi connectivity index (χ0v) is 11.0. The summed E-state index contributed by atoms with van der Waals surface area (Å²) in [5, 5.41) is 0.774. The highest BCUT2D eigenvalue weighted by Gasteiger charge is 2.15. The molecule has 0 heterocycles. The first kappa shape index (κ1) is 13.3. The number of benzene rings is 1. The van der Waals surface area contributed by atoms with Crippen LogP contribution in [-0.4, -0.2) is 0 Å². The fourth-order valence-corrected chi connectivity index (χ4v) is 2.27. The Kier molecular flexibility index (Phi) is 5.10. The van der Waals surface area contributed by atoms with Crippen molar-refractivity contribution < 1.29 is 0 Å². The molecule has 2 nitrogen and oxygen atoms in total. The highest BCUT2D eigenvalue weighted by atomic mass is 35.5. The van der Waals surface area contributed by atoms with E-state index in [1.54, 1.807) is 0 Å². The summed E-state index contributed by atoms with van der Waals surface area (Å²) in [6.07, 6.45) is 2.26. The largest absolute Gasteiger partial charge is 0.324 e. The average Bonchev–Trinajstić information content (AvgIpc) is 2.25. The molecule has 0 aliphatic heterocycles. The number of anilines is 1. The Morgan fingerprint density at radius 2 is 2.06 bits per heavy atom. The van der Waals surface area contributed by atoms with Gasteiger partial charge in [-0.3, -0.25) is 5.84 Å². The molecule has 0 bridgehead atoms. The molecule has 0 aromatic heterocycles. The molecule has 3 heteroatoms. The second kappa shape index (κ2) is 6.12. The standard InChI is InChI=1S/C13H21ClN2/c1-4-10(7-9(2)3)12-8-11(14)5-6-13(12)16-15/h5-6,8-10,16H,4,7,15H2,1-3H3. The topological polar surface area (TPSA) is 38.0 Å². The van der Waals surface area contributed by atoms with Crippen molar-refractivity contribution in [3.63, 3.8) is 0 Å². The lowest BCUT2D eigenvalue weighted by Gasteiger charge is -2.21. The summed E-state index contributed by atoms with van der Waals surface area (Å²) in [6, 6.07) is 5.83. The van der Waals surface area contributed by atoms with E-state index in [-0.39, 0.29) is 0 Å². The number of hydrogen-bond acceptors (Lipinski definition) is 2. The minimum atomic E-state index is 0.518. The zero-order chi connectivity index (χ0) is 12.1. The lowest BCUT2D eigenvalue weighted by molar-refractivity contribution is 0.490. The Hall–Kier alpha value is -0.730. The number of hydrogen-bond donors (Lipinski definition) is 2. The monoisotopic (exact) mass is 240 g/mol. The molecule has 1 rings (SSSR count). The van der Waals surface area contributed by atoms with E-state index in [1.165, 1.54) is 5.56 Å². The normalized spacial score (nSPS) is 12.9. The van der Waals surface area contributed by atoms with E-state index in [1.807, 2.05) is 18.2 Å². The van der Waals surface area contributed by atoms with Crippen LogP contribution >= 0.6 is 11.6 Å². The van der Waals surface area contributed by atoms with Crippen molar-refractivity contribution in [3.8, 4) is 0 Å². The molecule has 1 aromatic carbocycles. The van der Waals surface area contributed by atoms with Crippen molar-refractivity contribution in [2.24, 2.45) is 11.8 Å². The molecule has 0 radical (unpaired) electrons. The van der Waals surface area contributed by atoms with Gasteiger partial charge in [0.15, 0.2) is 0 Å². The molecular weight excluding hydrogens is 220 g/mol. The summed E-state index contributed by atoms with van der Waals surface area (Å²) in [5.41, 5.74) is 4.96. The van der Waals surface area contributed by atoms with Crippen LogP contribution in [0.2, 0.25) is 5.02 Å². The third-order valence-corrected chi connectivity index (χ3v) is 3.09. The molecule has 0 fully saturated rings. The van der Waals surface area contributed by atoms with Crippen LogP contribution < -0.4 is 11.3 Å². The average molecular weight is 241 g/mol. The van der Waals surface area contributed by atoms with Crippen LogP contribution in [0.25, 0.3) is 0 Å². The van der Waals surface area contributed by atoms with Gasteiger partial charge in [0.2, 0.25) is 0 Å². The highest BCUT2D eigenvalue weighted by Crippen LogP contribution is 2.33. The minimum absolute atomic E-state index is 0.518. The van der Waals surface area contributed by atoms with Crippen LogP contribution in [0, 0.1) is 5.92 Å². The fourth-order valence-electron chi connectivity index (χ4n) is 2.09. The van der Waals surface area contributed by atoms with Crippen molar-refractivity contribution in [2.45, 2.75) is 39.5 Å². The van der Waals surface area contributed by atoms with Crippen LogP contribution in [0.5, 0.6) is 0 Å². The number of nitrogen functional groups attached to an aromatic ring is 1. The molecule has 0 amide bonds. The van der Waals surface area contributed by atoms with E-state index in [2.05, 4.69) is 26.2 Å². The summed E-state index contributed by atoms with van der Waals surface area (Å²) in [5.74, 6) is 6.72. The van der Waals surface area contributed by atoms with Crippen LogP contribution in [0.1, 0.15) is 45.1 Å². The predicted octanol–water partition coefficient (Wildman–Crippen LogP) is 4.17. The maximum atomic E-state index is 6.04. The minimum Gasteiger partial charge on any atom is -0.324 e. The Balaban J connectivity index is 3.02. The molecule has 90 valence electrons. The van der Waals surface area contributed by atoms with Crippen molar-refractivity contribution in [2.75, 3.05) is 5.43 Å². The van der Waals surface area contributed by atoms with Crippen molar-refractivity contribution in [3.05, 3.63) is 28.8 Å². The second-order valence-corrected chi connectivity index (χ2v) is 5.05. The van der Waals surface area contributed by atoms with Gasteiger partial charge >= 0.3 is 0 Å². The van der Waals surface area contributed by atoms with Gasteiger partial charge in [0, 0.05) is 5.02 Å². The van der Waals surface area contributed by atoms with Crippen LogP contribution in [0.4, 0.5) is 5.69 Å². The fraction of sp³-hybridized carbons (Fsp3) is 0.538. The van der Waals surface area contributed by atoms with Crippen LogP contribution in [0.3, 0.4) is 0 Å². The lowest BCUT2D eigenvalue weighted by atomic mass is 9.87. The van der Waals surface area contributed by atoms with E-state index in [9.17, 15) is 0 Å². The predicted molar refractivity (Wildman–Crippen MR) is 71.7 cm³/mol. The number of nitrogens with two attached hydrogens (primary N) is 1. The summed E-state index contributed by atoms with van der Waals surface area (Å²) < 4.78 is 0. The molecule has 0 aliphatic rings. The van der Waals surface area contributed by atoms with Gasteiger partial charge in [-0.25, -0.2) is 0 Å². The smallest absolute Gasteiger partial charge is 0.0520 e. The lowest BCUT2D eigenvalue weighted by Crippen LogP contribution is -2.12. The van der Waals surface area contributed by atoms with E-state index >= 15 is 0 Å². The third kappa shape index (κ3) is 3.39. The van der Waals surface area contributed by atoms with Gasteiger partial charge in [-0.2, -0.15) is 0 Å². The number of hydrazine groups is 1. The van der Waals surface area contributed by atoms with E-state index in [4.69, 9.17) is 17.4 Å². The van der Waals surface area contributed by atoms with Gasteiger partial charge < -0.3 is 5.43 Å². The SMILES string of the molecule is CCC(CC(C)C)c1cc(Cl)ccc1NN. The Morgan fingerprint density at radius 1 is 1.38 bits per heavy atom. The second-order valence-electron chi connectivity index (χ2n) is 4.61. The first-order chi connectivity index (χ1) is 7.58. The first-order valence-electron chi connectivity index (χ1n) is 5.84. The molecule has 1 aromatic rings. The first-order valence-corrected chi connectivity index (χ1v) is 6.22. The van der Waals surface area contributed by atoms with Crippen molar-refractivity contribution in [1.29, 1.82) is 0 Å². The number of nitrogens with one attached hydrogen (secondary N) is 1. The maximum Gasteiger partial charge on any atom is 0.0520 e. The van der Waals surface area contributed by atoms with Crippen molar-refractivity contribution >= 4 is 17.3 Å². The highest BCUT2D eigenvalue weighted by molar-refractivity contribution is 6.30. The Bertz CT molecular complexity index is 337. The quantitative estimate of drug-likeness (QED) is 0.599. The van der Waals surface area contributed by atoms with Gasteiger partial charge in [0.1, 0.15) is 0 Å². The Labute approximate surface area is 103 Å². The molecule has 0 saturated carbocycles. The number of rotatable bonds is 5. The van der Waals surface area contributed by atoms with E-state index in [0.717, 1.165) is 23.6 Å². The van der Waals surface area contributed by atoms with E-state index in [0.29, 0.717) is 11.8 Å². The van der Waals surface area contributed by atoms with Gasteiger partial charge in [0.25, 0.3) is 0 Å². The molecule has 3 N–H and O–H groups in total. The summed E-state index contributed by atoms with van der Waals surface area (Å²) >= 11 is 6.04. The summed E-state index contributed by atoms with van der Waals surface area (Å²) in [7, 11) is 0. The van der Waals surface area contributed by atoms with Gasteiger partial charge in [-0.15, -0.1) is 0 Å². The molecule has 1 unspecified atom stereocenters. The van der Waals surface area contributed by atoms with E-state index < -0.39 is 0 Å². The molecule has 1 atom stereocenters.